The lowest BCUT2D eigenvalue weighted by Crippen LogP contribution is -2.15. The van der Waals surface area contributed by atoms with E-state index in [-0.39, 0.29) is 17.0 Å². The Balaban J connectivity index is 2.31. The minimum Gasteiger partial charge on any atom is -0.419 e. The van der Waals surface area contributed by atoms with Gasteiger partial charge in [0.2, 0.25) is 11.8 Å². The Morgan fingerprint density at radius 2 is 2.22 bits per heavy atom. The van der Waals surface area contributed by atoms with E-state index < -0.39 is 5.82 Å². The first-order valence-corrected chi connectivity index (χ1v) is 5.99. The molecule has 0 bridgehead atoms. The van der Waals surface area contributed by atoms with Crippen LogP contribution in [0.4, 0.5) is 4.39 Å². The number of nitrogens with one attached hydrogen (secondary N) is 1. The molecule has 0 fully saturated rings. The van der Waals surface area contributed by atoms with Gasteiger partial charge >= 0.3 is 0 Å². The van der Waals surface area contributed by atoms with Crippen LogP contribution in [0.25, 0.3) is 11.5 Å². The lowest BCUT2D eigenvalue weighted by atomic mass is 10.2. The summed E-state index contributed by atoms with van der Waals surface area (Å²) in [6.07, 6.45) is 0.827. The van der Waals surface area contributed by atoms with E-state index in [2.05, 4.69) is 15.5 Å². The molecular weight excluding hydrogens is 257 g/mol. The zero-order valence-corrected chi connectivity index (χ0v) is 10.8. The third-order valence-corrected chi connectivity index (χ3v) is 2.97. The van der Waals surface area contributed by atoms with Crippen molar-refractivity contribution in [2.24, 2.45) is 0 Å². The maximum Gasteiger partial charge on any atom is 0.247 e. The van der Waals surface area contributed by atoms with Crippen LogP contribution in [0.15, 0.2) is 22.6 Å². The molecule has 1 heterocycles. The van der Waals surface area contributed by atoms with Crippen LogP contribution in [0.2, 0.25) is 5.02 Å². The SMILES string of the molecule is CCC(NC)c1nnc(-c2ccc(Cl)c(F)c2)o1. The molecule has 1 unspecified atom stereocenters. The van der Waals surface area contributed by atoms with E-state index in [1.54, 1.807) is 6.07 Å². The zero-order chi connectivity index (χ0) is 13.1. The molecule has 0 amide bonds. The highest BCUT2D eigenvalue weighted by Gasteiger charge is 2.16. The first kappa shape index (κ1) is 13.0. The minimum absolute atomic E-state index is 0.00315. The Kier molecular flexibility index (Phi) is 3.93. The van der Waals surface area contributed by atoms with Gasteiger partial charge in [0.05, 0.1) is 11.1 Å². The van der Waals surface area contributed by atoms with Gasteiger partial charge < -0.3 is 9.73 Å². The average molecular weight is 270 g/mol. The second kappa shape index (κ2) is 5.46. The van der Waals surface area contributed by atoms with Crippen molar-refractivity contribution in [1.82, 2.24) is 15.5 Å². The van der Waals surface area contributed by atoms with Gasteiger partial charge in [0.25, 0.3) is 0 Å². The highest BCUT2D eigenvalue weighted by Crippen LogP contribution is 2.25. The number of nitrogens with zero attached hydrogens (tertiary/aromatic N) is 2. The van der Waals surface area contributed by atoms with Crippen molar-refractivity contribution in [2.45, 2.75) is 19.4 Å². The molecule has 0 saturated carbocycles. The highest BCUT2D eigenvalue weighted by atomic mass is 35.5. The van der Waals surface area contributed by atoms with Gasteiger partial charge in [0.1, 0.15) is 5.82 Å². The fourth-order valence-corrected chi connectivity index (χ4v) is 1.74. The molecule has 2 aromatic rings. The fourth-order valence-electron chi connectivity index (χ4n) is 1.62. The number of hydrogen-bond acceptors (Lipinski definition) is 4. The molecule has 0 saturated heterocycles. The second-order valence-corrected chi connectivity index (χ2v) is 4.23. The van der Waals surface area contributed by atoms with Crippen LogP contribution in [-0.4, -0.2) is 17.2 Å². The first-order valence-electron chi connectivity index (χ1n) is 5.61. The fraction of sp³-hybridized carbons (Fsp3) is 0.333. The molecule has 0 aliphatic rings. The Hall–Kier alpha value is -1.46. The van der Waals surface area contributed by atoms with Crippen molar-refractivity contribution in [3.05, 3.63) is 34.9 Å². The standard InChI is InChI=1S/C12H13ClFN3O/c1-3-10(15-2)12-17-16-11(18-12)7-4-5-8(13)9(14)6-7/h4-6,10,15H,3H2,1-2H3. The van der Waals surface area contributed by atoms with Crippen LogP contribution in [0.3, 0.4) is 0 Å². The summed E-state index contributed by atoms with van der Waals surface area (Å²) in [7, 11) is 1.82. The summed E-state index contributed by atoms with van der Waals surface area (Å²) in [5.41, 5.74) is 0.515. The second-order valence-electron chi connectivity index (χ2n) is 3.82. The van der Waals surface area contributed by atoms with Crippen molar-refractivity contribution >= 4 is 11.6 Å². The van der Waals surface area contributed by atoms with Crippen LogP contribution in [0.5, 0.6) is 0 Å². The molecule has 1 aromatic heterocycles. The van der Waals surface area contributed by atoms with Gasteiger partial charge in [-0.15, -0.1) is 10.2 Å². The maximum atomic E-state index is 13.3. The normalized spacial score (nSPS) is 12.7. The van der Waals surface area contributed by atoms with Gasteiger partial charge in [0, 0.05) is 5.56 Å². The number of benzene rings is 1. The van der Waals surface area contributed by atoms with Crippen LogP contribution in [0, 0.1) is 5.82 Å². The molecule has 6 heteroatoms. The van der Waals surface area contributed by atoms with E-state index in [1.807, 2.05) is 14.0 Å². The van der Waals surface area contributed by atoms with E-state index >= 15 is 0 Å². The van der Waals surface area contributed by atoms with Crippen LogP contribution in [-0.2, 0) is 0 Å². The van der Waals surface area contributed by atoms with Crippen molar-refractivity contribution in [3.63, 3.8) is 0 Å². The summed E-state index contributed by atoms with van der Waals surface area (Å²) < 4.78 is 18.8. The van der Waals surface area contributed by atoms with Crippen LogP contribution in [0.1, 0.15) is 25.3 Å². The van der Waals surface area contributed by atoms with Crippen molar-refractivity contribution in [3.8, 4) is 11.5 Å². The predicted molar refractivity (Wildman–Crippen MR) is 66.8 cm³/mol. The largest absolute Gasteiger partial charge is 0.419 e. The summed E-state index contributed by atoms with van der Waals surface area (Å²) >= 11 is 5.62. The molecule has 1 N–H and O–H groups in total. The Labute approximate surface area is 109 Å². The smallest absolute Gasteiger partial charge is 0.247 e. The minimum atomic E-state index is -0.505. The quantitative estimate of drug-likeness (QED) is 0.926. The average Bonchev–Trinajstić information content (AvgIpc) is 2.84. The summed E-state index contributed by atoms with van der Waals surface area (Å²) in [5.74, 6) is 0.272. The number of hydrogen-bond donors (Lipinski definition) is 1. The van der Waals surface area contributed by atoms with Gasteiger partial charge in [-0.05, 0) is 31.7 Å². The van der Waals surface area contributed by atoms with Gasteiger partial charge in [-0.3, -0.25) is 0 Å². The third-order valence-electron chi connectivity index (χ3n) is 2.66. The number of aromatic nitrogens is 2. The Morgan fingerprint density at radius 1 is 1.44 bits per heavy atom. The third kappa shape index (κ3) is 2.52. The molecule has 4 nitrogen and oxygen atoms in total. The molecule has 96 valence electrons. The molecule has 18 heavy (non-hydrogen) atoms. The van der Waals surface area contributed by atoms with Gasteiger partial charge in [0.15, 0.2) is 0 Å². The molecule has 1 atom stereocenters. The van der Waals surface area contributed by atoms with E-state index in [0.29, 0.717) is 11.5 Å². The zero-order valence-electron chi connectivity index (χ0n) is 10.1. The van der Waals surface area contributed by atoms with Crippen LogP contribution >= 0.6 is 11.6 Å². The molecule has 0 aliphatic heterocycles. The van der Waals surface area contributed by atoms with Gasteiger partial charge in [-0.25, -0.2) is 4.39 Å². The van der Waals surface area contributed by atoms with Crippen molar-refractivity contribution in [2.75, 3.05) is 7.05 Å². The Bertz CT molecular complexity index is 540. The Morgan fingerprint density at radius 3 is 2.83 bits per heavy atom. The van der Waals surface area contributed by atoms with Crippen molar-refractivity contribution in [1.29, 1.82) is 0 Å². The summed E-state index contributed by atoms with van der Waals surface area (Å²) in [6.45, 7) is 2.01. The van der Waals surface area contributed by atoms with E-state index in [4.69, 9.17) is 16.0 Å². The maximum absolute atomic E-state index is 13.3. The van der Waals surface area contributed by atoms with Crippen molar-refractivity contribution < 1.29 is 8.81 Å². The molecule has 0 aliphatic carbocycles. The van der Waals surface area contributed by atoms with E-state index in [1.165, 1.54) is 12.1 Å². The first-order chi connectivity index (χ1) is 8.65. The number of rotatable bonds is 4. The molecular formula is C12H13ClFN3O. The van der Waals surface area contributed by atoms with Crippen LogP contribution < -0.4 is 5.32 Å². The monoisotopic (exact) mass is 269 g/mol. The lowest BCUT2D eigenvalue weighted by molar-refractivity contribution is 0.415. The van der Waals surface area contributed by atoms with E-state index in [0.717, 1.165) is 6.42 Å². The van der Waals surface area contributed by atoms with Gasteiger partial charge in [-0.1, -0.05) is 18.5 Å². The topological polar surface area (TPSA) is 51.0 Å². The molecule has 0 radical (unpaired) electrons. The lowest BCUT2D eigenvalue weighted by Gasteiger charge is -2.07. The molecule has 1 aromatic carbocycles. The molecule has 0 spiro atoms. The predicted octanol–water partition coefficient (Wildman–Crippen LogP) is 3.20. The van der Waals surface area contributed by atoms with E-state index in [9.17, 15) is 4.39 Å². The summed E-state index contributed by atoms with van der Waals surface area (Å²) in [5, 5.41) is 11.0. The highest BCUT2D eigenvalue weighted by molar-refractivity contribution is 6.30. The number of halogens is 2. The summed E-state index contributed by atoms with van der Waals surface area (Å²) in [4.78, 5) is 0. The van der Waals surface area contributed by atoms with Gasteiger partial charge in [-0.2, -0.15) is 0 Å². The summed E-state index contributed by atoms with van der Waals surface area (Å²) in [6, 6.07) is 4.39. The molecule has 2 rings (SSSR count).